The molecule has 132 valence electrons. The maximum absolute atomic E-state index is 12.9. The van der Waals surface area contributed by atoms with Gasteiger partial charge in [-0.1, -0.05) is 18.2 Å². The van der Waals surface area contributed by atoms with Gasteiger partial charge in [-0.15, -0.1) is 35.3 Å². The highest BCUT2D eigenvalue weighted by atomic mass is 127. The average molecular weight is 463 g/mol. The number of aliphatic hydroxyl groups is 1. The van der Waals surface area contributed by atoms with Crippen molar-refractivity contribution in [2.75, 3.05) is 19.6 Å². The summed E-state index contributed by atoms with van der Waals surface area (Å²) in [6.45, 7) is 3.74. The monoisotopic (exact) mass is 463 g/mol. The second kappa shape index (κ2) is 11.4. The van der Waals surface area contributed by atoms with Crippen LogP contribution in [-0.2, 0) is 6.42 Å². The van der Waals surface area contributed by atoms with E-state index in [9.17, 15) is 9.50 Å². The molecule has 1 atom stereocenters. The van der Waals surface area contributed by atoms with E-state index >= 15 is 0 Å². The van der Waals surface area contributed by atoms with Crippen molar-refractivity contribution in [1.82, 2.24) is 10.6 Å². The number of hydrogen-bond acceptors (Lipinski definition) is 3. The Morgan fingerprint density at radius 1 is 1.25 bits per heavy atom. The summed E-state index contributed by atoms with van der Waals surface area (Å²) in [5.41, 5.74) is 0.657. The van der Waals surface area contributed by atoms with Crippen LogP contribution >= 0.6 is 35.3 Å². The second-order valence-corrected chi connectivity index (χ2v) is 6.08. The molecular formula is C17H23FIN3OS. The Bertz CT molecular complexity index is 605. The molecule has 0 saturated heterocycles. The van der Waals surface area contributed by atoms with Crippen LogP contribution in [0.1, 0.15) is 23.5 Å². The van der Waals surface area contributed by atoms with E-state index < -0.39 is 6.10 Å². The van der Waals surface area contributed by atoms with Gasteiger partial charge in [0.15, 0.2) is 5.96 Å². The van der Waals surface area contributed by atoms with E-state index in [4.69, 9.17) is 0 Å². The Kier molecular flexibility index (Phi) is 9.89. The highest BCUT2D eigenvalue weighted by Gasteiger charge is 2.07. The lowest BCUT2D eigenvalue weighted by Gasteiger charge is -2.13. The van der Waals surface area contributed by atoms with Gasteiger partial charge in [0.2, 0.25) is 0 Å². The molecule has 2 rings (SSSR count). The van der Waals surface area contributed by atoms with E-state index in [2.05, 4.69) is 27.1 Å². The number of guanidine groups is 1. The number of aliphatic hydroxyl groups excluding tert-OH is 1. The predicted molar refractivity (Wildman–Crippen MR) is 109 cm³/mol. The molecule has 0 spiro atoms. The molecule has 0 bridgehead atoms. The topological polar surface area (TPSA) is 56.7 Å². The van der Waals surface area contributed by atoms with Crippen molar-refractivity contribution in [2.45, 2.75) is 19.4 Å². The normalized spacial score (nSPS) is 12.4. The fourth-order valence-corrected chi connectivity index (χ4v) is 2.78. The maximum atomic E-state index is 12.9. The molecule has 0 amide bonds. The van der Waals surface area contributed by atoms with Crippen molar-refractivity contribution >= 4 is 41.3 Å². The molecule has 0 aliphatic rings. The smallest absolute Gasteiger partial charge is 0.191 e. The highest BCUT2D eigenvalue weighted by Crippen LogP contribution is 2.13. The fourth-order valence-electron chi connectivity index (χ4n) is 2.07. The number of aliphatic imine (C=N–C) groups is 1. The lowest BCUT2D eigenvalue weighted by molar-refractivity contribution is 0.187. The molecule has 24 heavy (non-hydrogen) atoms. The number of halogens is 2. The van der Waals surface area contributed by atoms with Gasteiger partial charge in [-0.3, -0.25) is 4.99 Å². The molecule has 0 fully saturated rings. The molecule has 1 unspecified atom stereocenters. The summed E-state index contributed by atoms with van der Waals surface area (Å²) in [6.07, 6.45) is 0.186. The summed E-state index contributed by atoms with van der Waals surface area (Å²) in [5.74, 6) is 0.359. The molecule has 4 nitrogen and oxygen atoms in total. The molecular weight excluding hydrogens is 440 g/mol. The van der Waals surface area contributed by atoms with E-state index in [0.717, 1.165) is 19.5 Å². The molecule has 1 aromatic heterocycles. The first-order valence-corrected chi connectivity index (χ1v) is 8.55. The number of rotatable bonds is 7. The lowest BCUT2D eigenvalue weighted by Crippen LogP contribution is -2.38. The average Bonchev–Trinajstić information content (AvgIpc) is 3.06. The van der Waals surface area contributed by atoms with Crippen LogP contribution in [-0.4, -0.2) is 30.7 Å². The fraction of sp³-hybridized carbons (Fsp3) is 0.353. The minimum atomic E-state index is -0.747. The van der Waals surface area contributed by atoms with Crippen LogP contribution in [0.25, 0.3) is 0 Å². The molecule has 0 aliphatic carbocycles. The van der Waals surface area contributed by atoms with Gasteiger partial charge in [0.1, 0.15) is 5.82 Å². The quantitative estimate of drug-likeness (QED) is 0.336. The minimum absolute atomic E-state index is 0. The third-order valence-corrected chi connectivity index (χ3v) is 4.20. The Morgan fingerprint density at radius 2 is 2.00 bits per heavy atom. The third-order valence-electron chi connectivity index (χ3n) is 3.27. The predicted octanol–water partition coefficient (Wildman–Crippen LogP) is 3.34. The zero-order valence-corrected chi connectivity index (χ0v) is 16.7. The van der Waals surface area contributed by atoms with E-state index in [1.54, 1.807) is 23.5 Å². The van der Waals surface area contributed by atoms with Gasteiger partial charge in [-0.25, -0.2) is 4.39 Å². The van der Waals surface area contributed by atoms with Crippen LogP contribution in [0.15, 0.2) is 46.8 Å². The van der Waals surface area contributed by atoms with E-state index in [1.807, 2.05) is 13.0 Å². The van der Waals surface area contributed by atoms with E-state index in [-0.39, 0.29) is 36.3 Å². The maximum Gasteiger partial charge on any atom is 0.191 e. The van der Waals surface area contributed by atoms with Gasteiger partial charge in [0, 0.05) is 18.0 Å². The Hall–Kier alpha value is -1.19. The molecule has 7 heteroatoms. The van der Waals surface area contributed by atoms with Crippen LogP contribution in [0.4, 0.5) is 4.39 Å². The lowest BCUT2D eigenvalue weighted by atomic mass is 10.1. The Balaban J connectivity index is 0.00000288. The summed E-state index contributed by atoms with van der Waals surface area (Å²) >= 11 is 1.73. The van der Waals surface area contributed by atoms with Crippen molar-refractivity contribution in [3.8, 4) is 0 Å². The Morgan fingerprint density at radius 3 is 2.62 bits per heavy atom. The Labute approximate surface area is 163 Å². The number of nitrogens with zero attached hydrogens (tertiary/aromatic N) is 1. The molecule has 1 aromatic carbocycles. The van der Waals surface area contributed by atoms with Crippen LogP contribution in [0, 0.1) is 5.82 Å². The SMILES string of the molecule is CCNC(=NCC(O)c1ccc(F)cc1)NCCc1cccs1.I. The second-order valence-electron chi connectivity index (χ2n) is 5.04. The number of hydrogen-bond donors (Lipinski definition) is 3. The van der Waals surface area contributed by atoms with E-state index in [1.165, 1.54) is 17.0 Å². The van der Waals surface area contributed by atoms with Crippen molar-refractivity contribution in [3.05, 3.63) is 58.0 Å². The van der Waals surface area contributed by atoms with Crippen LogP contribution in [0.3, 0.4) is 0 Å². The van der Waals surface area contributed by atoms with Gasteiger partial charge in [-0.2, -0.15) is 0 Å². The minimum Gasteiger partial charge on any atom is -0.386 e. The summed E-state index contributed by atoms with van der Waals surface area (Å²) in [6, 6.07) is 9.98. The first-order valence-electron chi connectivity index (χ1n) is 7.67. The van der Waals surface area contributed by atoms with Crippen LogP contribution in [0.5, 0.6) is 0 Å². The molecule has 1 heterocycles. The zero-order valence-electron chi connectivity index (χ0n) is 13.5. The van der Waals surface area contributed by atoms with Gasteiger partial charge in [0.25, 0.3) is 0 Å². The van der Waals surface area contributed by atoms with Crippen LogP contribution < -0.4 is 10.6 Å². The summed E-state index contributed by atoms with van der Waals surface area (Å²) in [7, 11) is 0. The standard InChI is InChI=1S/C17H22FN3OS.HI/c1-2-19-17(20-10-9-15-4-3-11-23-15)21-12-16(22)13-5-7-14(18)8-6-13;/h3-8,11,16,22H,2,9-10,12H2,1H3,(H2,19,20,21);1H. The van der Waals surface area contributed by atoms with Gasteiger partial charge in [0.05, 0.1) is 12.6 Å². The summed E-state index contributed by atoms with van der Waals surface area (Å²) in [4.78, 5) is 5.70. The molecule has 2 aromatic rings. The van der Waals surface area contributed by atoms with Crippen LogP contribution in [0.2, 0.25) is 0 Å². The molecule has 0 saturated carbocycles. The molecule has 3 N–H and O–H groups in total. The molecule has 0 aliphatic heterocycles. The van der Waals surface area contributed by atoms with Crippen molar-refractivity contribution in [1.29, 1.82) is 0 Å². The van der Waals surface area contributed by atoms with E-state index in [0.29, 0.717) is 11.5 Å². The number of nitrogens with one attached hydrogen (secondary N) is 2. The first kappa shape index (κ1) is 20.9. The number of benzene rings is 1. The van der Waals surface area contributed by atoms with Gasteiger partial charge >= 0.3 is 0 Å². The largest absolute Gasteiger partial charge is 0.386 e. The third kappa shape index (κ3) is 7.14. The van der Waals surface area contributed by atoms with Gasteiger partial charge in [-0.05, 0) is 42.5 Å². The zero-order chi connectivity index (χ0) is 16.5. The van der Waals surface area contributed by atoms with Crippen molar-refractivity contribution in [2.24, 2.45) is 4.99 Å². The van der Waals surface area contributed by atoms with Crippen molar-refractivity contribution in [3.63, 3.8) is 0 Å². The number of thiophene rings is 1. The highest BCUT2D eigenvalue weighted by molar-refractivity contribution is 14.0. The summed E-state index contributed by atoms with van der Waals surface area (Å²) in [5, 5.41) is 18.6. The van der Waals surface area contributed by atoms with Gasteiger partial charge < -0.3 is 15.7 Å². The van der Waals surface area contributed by atoms with Crippen molar-refractivity contribution < 1.29 is 9.50 Å². The molecule has 0 radical (unpaired) electrons. The summed E-state index contributed by atoms with van der Waals surface area (Å²) < 4.78 is 12.9. The first-order chi connectivity index (χ1) is 11.2.